The minimum absolute atomic E-state index is 0.104. The average molecular weight is 234 g/mol. The van der Waals surface area contributed by atoms with Gasteiger partial charge in [0, 0.05) is 6.61 Å². The van der Waals surface area contributed by atoms with Gasteiger partial charge in [-0.1, -0.05) is 20.3 Å². The number of hydrogen-bond donors (Lipinski definition) is 1. The van der Waals surface area contributed by atoms with Gasteiger partial charge in [-0.2, -0.15) is 0 Å². The second-order valence-electron chi connectivity index (χ2n) is 3.80. The van der Waals surface area contributed by atoms with Gasteiger partial charge in [-0.05, 0) is 19.8 Å². The minimum atomic E-state index is -0.507. The fourth-order valence-electron chi connectivity index (χ4n) is 1.06. The third-order valence-corrected chi connectivity index (χ3v) is 2.32. The van der Waals surface area contributed by atoms with E-state index in [9.17, 15) is 0 Å². The average Bonchev–Trinajstić information content (AvgIpc) is 2.31. The van der Waals surface area contributed by atoms with Crippen LogP contribution in [-0.2, 0) is 14.2 Å². The Morgan fingerprint density at radius 1 is 1.00 bits per heavy atom. The van der Waals surface area contributed by atoms with Crippen LogP contribution in [0.1, 0.15) is 40.0 Å². The van der Waals surface area contributed by atoms with Crippen molar-refractivity contribution in [3.63, 3.8) is 0 Å². The van der Waals surface area contributed by atoms with Gasteiger partial charge in [0.25, 0.3) is 0 Å². The minimum Gasteiger partial charge on any atom is -0.391 e. The van der Waals surface area contributed by atoms with Gasteiger partial charge in [0.15, 0.2) is 6.29 Å². The Morgan fingerprint density at radius 3 is 2.19 bits per heavy atom. The lowest BCUT2D eigenvalue weighted by atomic mass is 10.3. The predicted octanol–water partition coefficient (Wildman–Crippen LogP) is 1.95. The van der Waals surface area contributed by atoms with Crippen molar-refractivity contribution in [2.45, 2.75) is 52.4 Å². The van der Waals surface area contributed by atoms with Crippen LogP contribution in [0.4, 0.5) is 0 Å². The molecule has 0 amide bonds. The van der Waals surface area contributed by atoms with Crippen LogP contribution in [0.25, 0.3) is 0 Å². The Kier molecular flexibility index (Phi) is 11.2. The number of hydrogen-bond acceptors (Lipinski definition) is 4. The maximum atomic E-state index is 8.99. The largest absolute Gasteiger partial charge is 0.391 e. The maximum Gasteiger partial charge on any atom is 0.180 e. The fraction of sp³-hybridized carbons (Fsp3) is 1.00. The van der Waals surface area contributed by atoms with Crippen LogP contribution in [0, 0.1) is 0 Å². The van der Waals surface area contributed by atoms with E-state index in [-0.39, 0.29) is 12.7 Å². The van der Waals surface area contributed by atoms with Gasteiger partial charge in [-0.3, -0.25) is 0 Å². The summed E-state index contributed by atoms with van der Waals surface area (Å²) in [6.45, 7) is 7.74. The molecule has 2 unspecified atom stereocenters. The predicted molar refractivity (Wildman–Crippen MR) is 63.4 cm³/mol. The van der Waals surface area contributed by atoms with Gasteiger partial charge in [0.2, 0.25) is 0 Å². The second-order valence-corrected chi connectivity index (χ2v) is 3.80. The van der Waals surface area contributed by atoms with E-state index in [1.54, 1.807) is 0 Å². The molecule has 4 nitrogen and oxygen atoms in total. The van der Waals surface area contributed by atoms with E-state index in [1.165, 1.54) is 0 Å². The molecule has 0 aromatic rings. The molecule has 0 bridgehead atoms. The van der Waals surface area contributed by atoms with Crippen LogP contribution in [0.3, 0.4) is 0 Å². The number of ether oxygens (including phenoxy) is 3. The van der Waals surface area contributed by atoms with Crippen LogP contribution in [-0.4, -0.2) is 43.9 Å². The molecule has 0 heterocycles. The molecule has 0 rings (SSSR count). The molecule has 0 saturated heterocycles. The summed E-state index contributed by atoms with van der Waals surface area (Å²) in [4.78, 5) is 0. The molecule has 16 heavy (non-hydrogen) atoms. The van der Waals surface area contributed by atoms with E-state index in [2.05, 4.69) is 13.8 Å². The molecule has 4 heteroatoms. The topological polar surface area (TPSA) is 47.9 Å². The monoisotopic (exact) mass is 234 g/mol. The standard InChI is InChI=1S/C12H26O4/c1-4-6-7-15-12(10-13)16-9-8-14-11(3)5-2/h11-13H,4-10H2,1-3H3. The van der Waals surface area contributed by atoms with E-state index >= 15 is 0 Å². The zero-order valence-corrected chi connectivity index (χ0v) is 10.8. The molecule has 0 fully saturated rings. The molecule has 0 aromatic heterocycles. The van der Waals surface area contributed by atoms with Crippen molar-refractivity contribution >= 4 is 0 Å². The summed E-state index contributed by atoms with van der Waals surface area (Å²) in [5.74, 6) is 0. The summed E-state index contributed by atoms with van der Waals surface area (Å²) in [6, 6.07) is 0. The third kappa shape index (κ3) is 9.09. The summed E-state index contributed by atoms with van der Waals surface area (Å²) in [5, 5.41) is 8.99. The lowest BCUT2D eigenvalue weighted by Crippen LogP contribution is -2.24. The van der Waals surface area contributed by atoms with Crippen molar-refractivity contribution in [3.8, 4) is 0 Å². The van der Waals surface area contributed by atoms with Crippen molar-refractivity contribution in [1.82, 2.24) is 0 Å². The molecule has 0 aromatic carbocycles. The Hall–Kier alpha value is -0.160. The summed E-state index contributed by atoms with van der Waals surface area (Å²) in [7, 11) is 0. The third-order valence-electron chi connectivity index (χ3n) is 2.32. The van der Waals surface area contributed by atoms with Gasteiger partial charge < -0.3 is 19.3 Å². The molecular formula is C12H26O4. The quantitative estimate of drug-likeness (QED) is 0.438. The van der Waals surface area contributed by atoms with Crippen LogP contribution in [0.2, 0.25) is 0 Å². The van der Waals surface area contributed by atoms with Crippen molar-refractivity contribution < 1.29 is 19.3 Å². The molecule has 0 aliphatic heterocycles. The summed E-state index contributed by atoms with van der Waals surface area (Å²) >= 11 is 0. The van der Waals surface area contributed by atoms with Gasteiger partial charge >= 0.3 is 0 Å². The molecule has 98 valence electrons. The molecule has 0 spiro atoms. The zero-order chi connectivity index (χ0) is 12.2. The fourth-order valence-corrected chi connectivity index (χ4v) is 1.06. The normalized spacial score (nSPS) is 15.0. The van der Waals surface area contributed by atoms with Crippen LogP contribution in [0.5, 0.6) is 0 Å². The van der Waals surface area contributed by atoms with E-state index in [0.29, 0.717) is 19.8 Å². The van der Waals surface area contributed by atoms with Crippen LogP contribution >= 0.6 is 0 Å². The highest BCUT2D eigenvalue weighted by molar-refractivity contribution is 4.45. The highest BCUT2D eigenvalue weighted by Gasteiger charge is 2.07. The van der Waals surface area contributed by atoms with Crippen molar-refractivity contribution in [2.75, 3.05) is 26.4 Å². The zero-order valence-electron chi connectivity index (χ0n) is 10.8. The highest BCUT2D eigenvalue weighted by atomic mass is 16.7. The van der Waals surface area contributed by atoms with Gasteiger partial charge in [-0.15, -0.1) is 0 Å². The molecule has 0 aliphatic carbocycles. The number of unbranched alkanes of at least 4 members (excludes halogenated alkanes) is 1. The summed E-state index contributed by atoms with van der Waals surface area (Å²) < 4.78 is 16.1. The Morgan fingerprint density at radius 2 is 1.62 bits per heavy atom. The molecular weight excluding hydrogens is 208 g/mol. The summed E-state index contributed by atoms with van der Waals surface area (Å²) in [6.07, 6.45) is 2.82. The first-order valence-corrected chi connectivity index (χ1v) is 6.20. The van der Waals surface area contributed by atoms with Crippen LogP contribution < -0.4 is 0 Å². The van der Waals surface area contributed by atoms with E-state index < -0.39 is 6.29 Å². The number of aliphatic hydroxyl groups is 1. The Labute approximate surface area is 98.9 Å². The Balaban J connectivity index is 3.40. The van der Waals surface area contributed by atoms with E-state index in [4.69, 9.17) is 19.3 Å². The van der Waals surface area contributed by atoms with Crippen molar-refractivity contribution in [2.24, 2.45) is 0 Å². The van der Waals surface area contributed by atoms with Gasteiger partial charge in [0.05, 0.1) is 25.9 Å². The first kappa shape index (κ1) is 15.8. The van der Waals surface area contributed by atoms with E-state index in [0.717, 1.165) is 19.3 Å². The molecule has 0 saturated carbocycles. The SMILES string of the molecule is CCCCOC(CO)OCCOC(C)CC. The summed E-state index contributed by atoms with van der Waals surface area (Å²) in [5.41, 5.74) is 0. The van der Waals surface area contributed by atoms with Gasteiger partial charge in [0.1, 0.15) is 0 Å². The van der Waals surface area contributed by atoms with Crippen molar-refractivity contribution in [1.29, 1.82) is 0 Å². The molecule has 2 atom stereocenters. The number of rotatable bonds is 11. The van der Waals surface area contributed by atoms with E-state index in [1.807, 2.05) is 6.92 Å². The molecule has 0 aliphatic rings. The molecule has 1 N–H and O–H groups in total. The Bertz CT molecular complexity index is 141. The maximum absolute atomic E-state index is 8.99. The lowest BCUT2D eigenvalue weighted by Gasteiger charge is -2.17. The first-order chi connectivity index (χ1) is 7.74. The number of aliphatic hydroxyl groups excluding tert-OH is 1. The lowest BCUT2D eigenvalue weighted by molar-refractivity contribution is -0.171. The second kappa shape index (κ2) is 11.3. The highest BCUT2D eigenvalue weighted by Crippen LogP contribution is 1.99. The van der Waals surface area contributed by atoms with Gasteiger partial charge in [-0.25, -0.2) is 0 Å². The molecule has 0 radical (unpaired) electrons. The smallest absolute Gasteiger partial charge is 0.180 e. The van der Waals surface area contributed by atoms with Crippen LogP contribution in [0.15, 0.2) is 0 Å². The van der Waals surface area contributed by atoms with Crippen molar-refractivity contribution in [3.05, 3.63) is 0 Å². The first-order valence-electron chi connectivity index (χ1n) is 6.20.